The van der Waals surface area contributed by atoms with Crippen molar-refractivity contribution < 1.29 is 4.79 Å². The molecule has 0 saturated heterocycles. The fourth-order valence-electron chi connectivity index (χ4n) is 2.72. The van der Waals surface area contributed by atoms with Crippen LogP contribution in [0.25, 0.3) is 11.0 Å². The summed E-state index contributed by atoms with van der Waals surface area (Å²) < 4.78 is 2.22. The van der Waals surface area contributed by atoms with Crippen molar-refractivity contribution in [1.82, 2.24) is 20.2 Å². The zero-order chi connectivity index (χ0) is 15.4. The van der Waals surface area contributed by atoms with E-state index in [-0.39, 0.29) is 5.91 Å². The van der Waals surface area contributed by atoms with Gasteiger partial charge in [0.05, 0.1) is 17.6 Å². The van der Waals surface area contributed by atoms with Crippen LogP contribution in [-0.4, -0.2) is 35.1 Å². The molecule has 5 nitrogen and oxygen atoms in total. The van der Waals surface area contributed by atoms with Crippen LogP contribution in [0.3, 0.4) is 0 Å². The Morgan fingerprint density at radius 1 is 1.36 bits per heavy atom. The minimum absolute atomic E-state index is 0.0906. The summed E-state index contributed by atoms with van der Waals surface area (Å²) in [5.74, 6) is 1.93. The van der Waals surface area contributed by atoms with Crippen molar-refractivity contribution in [3.8, 4) is 0 Å². The lowest BCUT2D eigenvalue weighted by molar-refractivity contribution is -0.120. The zero-order valence-corrected chi connectivity index (χ0v) is 13.1. The van der Waals surface area contributed by atoms with Crippen LogP contribution in [0.5, 0.6) is 0 Å². The van der Waals surface area contributed by atoms with Crippen LogP contribution >= 0.6 is 0 Å². The van der Waals surface area contributed by atoms with Gasteiger partial charge in [-0.25, -0.2) is 4.98 Å². The fourth-order valence-corrected chi connectivity index (χ4v) is 2.72. The number of benzene rings is 1. The fraction of sp³-hybridized carbons (Fsp3) is 0.529. The number of hydrogen-bond acceptors (Lipinski definition) is 3. The topological polar surface area (TPSA) is 59.0 Å². The number of nitrogens with zero attached hydrogens (tertiary/aromatic N) is 2. The van der Waals surface area contributed by atoms with Gasteiger partial charge in [0, 0.05) is 13.1 Å². The molecule has 0 aliphatic heterocycles. The third kappa shape index (κ3) is 3.85. The van der Waals surface area contributed by atoms with Crippen LogP contribution in [0, 0.1) is 12.8 Å². The Morgan fingerprint density at radius 2 is 2.18 bits per heavy atom. The first-order valence-electron chi connectivity index (χ1n) is 8.13. The van der Waals surface area contributed by atoms with Crippen LogP contribution in [0.15, 0.2) is 24.3 Å². The third-order valence-corrected chi connectivity index (χ3v) is 4.14. The maximum atomic E-state index is 11.7. The molecule has 0 spiro atoms. The quantitative estimate of drug-likeness (QED) is 0.732. The standard InChI is InChI=1S/C17H24N4O/c1-13-20-15-5-2-3-6-16(15)21(13)10-4-9-19-17(22)12-18-11-14-7-8-14/h2-3,5-6,14,18H,4,7-12H2,1H3,(H,19,22). The van der Waals surface area contributed by atoms with E-state index in [2.05, 4.69) is 26.3 Å². The van der Waals surface area contributed by atoms with Gasteiger partial charge in [-0.3, -0.25) is 4.79 Å². The Labute approximate surface area is 131 Å². The highest BCUT2D eigenvalue weighted by atomic mass is 16.1. The van der Waals surface area contributed by atoms with Crippen molar-refractivity contribution in [3.63, 3.8) is 0 Å². The van der Waals surface area contributed by atoms with E-state index in [9.17, 15) is 4.79 Å². The summed E-state index contributed by atoms with van der Waals surface area (Å²) in [6, 6.07) is 8.17. The SMILES string of the molecule is Cc1nc2ccccc2n1CCCNC(=O)CNCC1CC1. The molecular formula is C17H24N4O. The van der Waals surface area contributed by atoms with Gasteiger partial charge in [-0.05, 0) is 50.8 Å². The highest BCUT2D eigenvalue weighted by Gasteiger charge is 2.20. The Kier molecular flexibility index (Phi) is 4.73. The second kappa shape index (κ2) is 6.92. The molecule has 22 heavy (non-hydrogen) atoms. The summed E-state index contributed by atoms with van der Waals surface area (Å²) in [4.78, 5) is 16.2. The highest BCUT2D eigenvalue weighted by molar-refractivity contribution is 5.78. The zero-order valence-electron chi connectivity index (χ0n) is 13.1. The molecular weight excluding hydrogens is 276 g/mol. The van der Waals surface area contributed by atoms with Gasteiger partial charge >= 0.3 is 0 Å². The van der Waals surface area contributed by atoms with E-state index in [1.54, 1.807) is 0 Å². The highest BCUT2D eigenvalue weighted by Crippen LogP contribution is 2.27. The minimum atomic E-state index is 0.0906. The first kappa shape index (κ1) is 15.0. The lowest BCUT2D eigenvalue weighted by Crippen LogP contribution is -2.35. The second-order valence-corrected chi connectivity index (χ2v) is 6.08. The molecule has 2 N–H and O–H groups in total. The van der Waals surface area contributed by atoms with Gasteiger partial charge in [0.1, 0.15) is 5.82 Å². The van der Waals surface area contributed by atoms with Crippen molar-refractivity contribution in [3.05, 3.63) is 30.1 Å². The van der Waals surface area contributed by atoms with Crippen LogP contribution in [0.4, 0.5) is 0 Å². The van der Waals surface area contributed by atoms with Crippen LogP contribution in [0.1, 0.15) is 25.1 Å². The predicted molar refractivity (Wildman–Crippen MR) is 87.7 cm³/mol. The van der Waals surface area contributed by atoms with Crippen LogP contribution < -0.4 is 10.6 Å². The Morgan fingerprint density at radius 3 is 3.00 bits per heavy atom. The summed E-state index contributed by atoms with van der Waals surface area (Å²) in [6.07, 6.45) is 3.54. The van der Waals surface area contributed by atoms with E-state index >= 15 is 0 Å². The second-order valence-electron chi connectivity index (χ2n) is 6.08. The summed E-state index contributed by atoms with van der Waals surface area (Å²) in [5.41, 5.74) is 2.20. The Bertz CT molecular complexity index is 645. The number of rotatable bonds is 8. The molecule has 1 aromatic carbocycles. The number of para-hydroxylation sites is 2. The molecule has 1 saturated carbocycles. The molecule has 0 bridgehead atoms. The monoisotopic (exact) mass is 300 g/mol. The van der Waals surface area contributed by atoms with E-state index in [1.165, 1.54) is 12.8 Å². The largest absolute Gasteiger partial charge is 0.355 e. The van der Waals surface area contributed by atoms with E-state index in [4.69, 9.17) is 0 Å². The van der Waals surface area contributed by atoms with Gasteiger partial charge in [0.25, 0.3) is 0 Å². The lowest BCUT2D eigenvalue weighted by atomic mass is 10.3. The maximum Gasteiger partial charge on any atom is 0.233 e. The molecule has 0 unspecified atom stereocenters. The van der Waals surface area contributed by atoms with Crippen LogP contribution in [0.2, 0.25) is 0 Å². The molecule has 0 atom stereocenters. The third-order valence-electron chi connectivity index (χ3n) is 4.14. The molecule has 0 radical (unpaired) electrons. The van der Waals surface area contributed by atoms with Gasteiger partial charge in [-0.1, -0.05) is 12.1 Å². The normalized spacial score (nSPS) is 14.4. The maximum absolute atomic E-state index is 11.7. The number of carbonyl (C=O) groups excluding carboxylic acids is 1. The van der Waals surface area contributed by atoms with E-state index in [0.29, 0.717) is 13.1 Å². The Hall–Kier alpha value is -1.88. The molecule has 118 valence electrons. The van der Waals surface area contributed by atoms with Crippen molar-refractivity contribution >= 4 is 16.9 Å². The van der Waals surface area contributed by atoms with Crippen molar-refractivity contribution in [2.75, 3.05) is 19.6 Å². The smallest absolute Gasteiger partial charge is 0.233 e. The van der Waals surface area contributed by atoms with Crippen LogP contribution in [-0.2, 0) is 11.3 Å². The average Bonchev–Trinajstić information content (AvgIpc) is 3.27. The summed E-state index contributed by atoms with van der Waals surface area (Å²) in [6.45, 7) is 5.02. The van der Waals surface area contributed by atoms with Gasteiger partial charge < -0.3 is 15.2 Å². The number of hydrogen-bond donors (Lipinski definition) is 2. The summed E-state index contributed by atoms with van der Waals surface area (Å²) in [5, 5.41) is 6.18. The van der Waals surface area contributed by atoms with Crippen molar-refractivity contribution in [2.24, 2.45) is 5.92 Å². The van der Waals surface area contributed by atoms with Gasteiger partial charge in [0.2, 0.25) is 5.91 Å². The number of imidazole rings is 1. The first-order chi connectivity index (χ1) is 10.7. The number of aromatic nitrogens is 2. The lowest BCUT2D eigenvalue weighted by Gasteiger charge is -2.09. The Balaban J connectivity index is 1.40. The number of aryl methyl sites for hydroxylation is 2. The van der Waals surface area contributed by atoms with Crippen molar-refractivity contribution in [1.29, 1.82) is 0 Å². The molecule has 1 amide bonds. The molecule has 1 fully saturated rings. The predicted octanol–water partition coefficient (Wildman–Crippen LogP) is 1.85. The van der Waals surface area contributed by atoms with E-state index < -0.39 is 0 Å². The van der Waals surface area contributed by atoms with Gasteiger partial charge in [-0.2, -0.15) is 0 Å². The molecule has 1 aliphatic rings. The number of carbonyl (C=O) groups is 1. The molecule has 1 aliphatic carbocycles. The van der Waals surface area contributed by atoms with E-state index in [1.807, 2.05) is 25.1 Å². The summed E-state index contributed by atoms with van der Waals surface area (Å²) in [7, 11) is 0. The number of fused-ring (bicyclic) bond motifs is 1. The molecule has 3 rings (SSSR count). The average molecular weight is 300 g/mol. The minimum Gasteiger partial charge on any atom is -0.355 e. The van der Waals surface area contributed by atoms with Gasteiger partial charge in [0.15, 0.2) is 0 Å². The summed E-state index contributed by atoms with van der Waals surface area (Å²) >= 11 is 0. The first-order valence-corrected chi connectivity index (χ1v) is 8.13. The molecule has 1 aromatic heterocycles. The van der Waals surface area contributed by atoms with E-state index in [0.717, 1.165) is 42.3 Å². The van der Waals surface area contributed by atoms with Gasteiger partial charge in [-0.15, -0.1) is 0 Å². The number of nitrogens with one attached hydrogen (secondary N) is 2. The van der Waals surface area contributed by atoms with Crippen molar-refractivity contribution in [2.45, 2.75) is 32.7 Å². The number of amides is 1. The molecule has 5 heteroatoms. The molecule has 1 heterocycles. The molecule has 2 aromatic rings.